The normalized spacial score (nSPS) is 26.8. The van der Waals surface area contributed by atoms with Gasteiger partial charge in [-0.05, 0) is 27.2 Å². The van der Waals surface area contributed by atoms with Crippen molar-refractivity contribution in [2.75, 3.05) is 13.1 Å². The fraction of sp³-hybridized carbons (Fsp3) is 0.714. The van der Waals surface area contributed by atoms with Gasteiger partial charge in [-0.25, -0.2) is 0 Å². The van der Waals surface area contributed by atoms with Gasteiger partial charge in [0.05, 0.1) is 0 Å². The monoisotopic (exact) mass is 267 g/mol. The average molecular weight is 267 g/mol. The number of rotatable bonds is 4. The Morgan fingerprint density at radius 1 is 1.47 bits per heavy atom. The molecule has 2 unspecified atom stereocenters. The number of carbonyl (C=O) groups excluding carboxylic acids is 2. The second-order valence-corrected chi connectivity index (χ2v) is 6.21. The quantitative estimate of drug-likeness (QED) is 0.652. The van der Waals surface area contributed by atoms with E-state index in [0.29, 0.717) is 19.5 Å². The number of hydrogen-bond donors (Lipinski definition) is 3. The third kappa shape index (κ3) is 3.80. The summed E-state index contributed by atoms with van der Waals surface area (Å²) in [5, 5.41) is 9.02. The molecular formula is C14H25N3O2. The van der Waals surface area contributed by atoms with E-state index in [4.69, 9.17) is 0 Å². The van der Waals surface area contributed by atoms with Gasteiger partial charge in [0.1, 0.15) is 5.54 Å². The third-order valence-corrected chi connectivity index (χ3v) is 3.24. The maximum atomic E-state index is 12.6. The van der Waals surface area contributed by atoms with Crippen LogP contribution in [0.15, 0.2) is 12.7 Å². The lowest BCUT2D eigenvalue weighted by Crippen LogP contribution is -2.65. The van der Waals surface area contributed by atoms with E-state index in [9.17, 15) is 9.59 Å². The van der Waals surface area contributed by atoms with Gasteiger partial charge in [-0.3, -0.25) is 9.59 Å². The summed E-state index contributed by atoms with van der Waals surface area (Å²) in [5.74, 6) is -0.301. The summed E-state index contributed by atoms with van der Waals surface area (Å²) in [6, 6.07) is 0. The summed E-state index contributed by atoms with van der Waals surface area (Å²) in [4.78, 5) is 24.1. The molecule has 1 saturated heterocycles. The van der Waals surface area contributed by atoms with Crippen molar-refractivity contribution in [1.29, 1.82) is 0 Å². The van der Waals surface area contributed by atoms with Gasteiger partial charge in [0.15, 0.2) is 0 Å². The van der Waals surface area contributed by atoms with Crippen molar-refractivity contribution < 1.29 is 9.59 Å². The van der Waals surface area contributed by atoms with Crippen LogP contribution in [0.25, 0.3) is 0 Å². The van der Waals surface area contributed by atoms with Gasteiger partial charge in [0, 0.05) is 31.5 Å². The third-order valence-electron chi connectivity index (χ3n) is 3.24. The Kier molecular flexibility index (Phi) is 4.74. The van der Waals surface area contributed by atoms with Crippen molar-refractivity contribution in [3.8, 4) is 0 Å². The Labute approximate surface area is 115 Å². The Morgan fingerprint density at radius 2 is 2.11 bits per heavy atom. The predicted octanol–water partition coefficient (Wildman–Crippen LogP) is 0.572. The van der Waals surface area contributed by atoms with Crippen LogP contribution in [0.2, 0.25) is 0 Å². The predicted molar refractivity (Wildman–Crippen MR) is 75.6 cm³/mol. The number of amides is 2. The van der Waals surface area contributed by atoms with E-state index in [1.807, 2.05) is 20.8 Å². The fourth-order valence-electron chi connectivity index (χ4n) is 2.48. The summed E-state index contributed by atoms with van der Waals surface area (Å²) < 4.78 is 0. The van der Waals surface area contributed by atoms with Gasteiger partial charge < -0.3 is 16.0 Å². The second kappa shape index (κ2) is 5.74. The van der Waals surface area contributed by atoms with Crippen LogP contribution in [0.3, 0.4) is 0 Å². The number of hydrogen-bond acceptors (Lipinski definition) is 3. The molecule has 5 heteroatoms. The molecule has 1 rings (SSSR count). The fourth-order valence-corrected chi connectivity index (χ4v) is 2.48. The highest BCUT2D eigenvalue weighted by atomic mass is 16.2. The van der Waals surface area contributed by atoms with Crippen LogP contribution >= 0.6 is 0 Å². The smallest absolute Gasteiger partial charge is 0.247 e. The van der Waals surface area contributed by atoms with E-state index < -0.39 is 5.54 Å². The van der Waals surface area contributed by atoms with E-state index in [1.165, 1.54) is 6.92 Å². The van der Waals surface area contributed by atoms with E-state index >= 15 is 0 Å². The van der Waals surface area contributed by atoms with Crippen LogP contribution in [0, 0.1) is 5.92 Å². The van der Waals surface area contributed by atoms with Crippen molar-refractivity contribution in [3.05, 3.63) is 12.7 Å². The van der Waals surface area contributed by atoms with Gasteiger partial charge >= 0.3 is 0 Å². The molecule has 3 N–H and O–H groups in total. The molecule has 19 heavy (non-hydrogen) atoms. The summed E-state index contributed by atoms with van der Waals surface area (Å²) in [6.45, 7) is 12.1. The summed E-state index contributed by atoms with van der Waals surface area (Å²) in [5.41, 5.74) is -1.21. The van der Waals surface area contributed by atoms with Gasteiger partial charge in [0.2, 0.25) is 11.8 Å². The number of nitrogens with one attached hydrogen (secondary N) is 3. The highest BCUT2D eigenvalue weighted by Gasteiger charge is 2.49. The van der Waals surface area contributed by atoms with Crippen molar-refractivity contribution in [2.45, 2.75) is 45.2 Å². The van der Waals surface area contributed by atoms with Crippen molar-refractivity contribution >= 4 is 11.8 Å². The van der Waals surface area contributed by atoms with Crippen LogP contribution in [0.4, 0.5) is 0 Å². The molecule has 0 aromatic heterocycles. The maximum absolute atomic E-state index is 12.6. The van der Waals surface area contributed by atoms with Crippen LogP contribution in [-0.4, -0.2) is 36.0 Å². The SMILES string of the molecule is C=CCC1CNCC1(NC(C)=O)C(=O)NC(C)(C)C. The first-order chi connectivity index (χ1) is 8.71. The molecule has 2 atom stereocenters. The Morgan fingerprint density at radius 3 is 2.58 bits per heavy atom. The highest BCUT2D eigenvalue weighted by Crippen LogP contribution is 2.27. The first-order valence-corrected chi connectivity index (χ1v) is 6.64. The zero-order chi connectivity index (χ0) is 14.7. The average Bonchev–Trinajstić information content (AvgIpc) is 2.60. The Hall–Kier alpha value is -1.36. The summed E-state index contributed by atoms with van der Waals surface area (Å²) in [7, 11) is 0. The number of allylic oxidation sites excluding steroid dienone is 1. The van der Waals surface area contributed by atoms with Gasteiger partial charge in [-0.1, -0.05) is 6.08 Å². The lowest BCUT2D eigenvalue weighted by Gasteiger charge is -2.36. The molecule has 5 nitrogen and oxygen atoms in total. The van der Waals surface area contributed by atoms with E-state index in [2.05, 4.69) is 22.5 Å². The lowest BCUT2D eigenvalue weighted by molar-refractivity contribution is -0.134. The molecule has 1 aliphatic rings. The van der Waals surface area contributed by atoms with Gasteiger partial charge in [0.25, 0.3) is 0 Å². The van der Waals surface area contributed by atoms with Gasteiger partial charge in [-0.2, -0.15) is 0 Å². The van der Waals surface area contributed by atoms with E-state index in [0.717, 1.165) is 0 Å². The van der Waals surface area contributed by atoms with E-state index in [1.54, 1.807) is 6.08 Å². The molecule has 2 amide bonds. The highest BCUT2D eigenvalue weighted by molar-refractivity contribution is 5.92. The largest absolute Gasteiger partial charge is 0.349 e. The lowest BCUT2D eigenvalue weighted by atomic mass is 9.83. The zero-order valence-corrected chi connectivity index (χ0v) is 12.3. The molecule has 0 aliphatic carbocycles. The van der Waals surface area contributed by atoms with E-state index in [-0.39, 0.29) is 23.3 Å². The molecule has 0 saturated carbocycles. The van der Waals surface area contributed by atoms with Crippen LogP contribution in [0.5, 0.6) is 0 Å². The van der Waals surface area contributed by atoms with Crippen LogP contribution in [-0.2, 0) is 9.59 Å². The maximum Gasteiger partial charge on any atom is 0.247 e. The topological polar surface area (TPSA) is 70.2 Å². The molecule has 0 bridgehead atoms. The molecule has 0 radical (unpaired) electrons. The second-order valence-electron chi connectivity index (χ2n) is 6.21. The van der Waals surface area contributed by atoms with Crippen LogP contribution in [0.1, 0.15) is 34.1 Å². The molecule has 1 heterocycles. The van der Waals surface area contributed by atoms with Crippen molar-refractivity contribution in [2.24, 2.45) is 5.92 Å². The first-order valence-electron chi connectivity index (χ1n) is 6.64. The minimum absolute atomic E-state index is 0.0243. The summed E-state index contributed by atoms with van der Waals surface area (Å²) in [6.07, 6.45) is 2.48. The molecule has 0 aromatic rings. The summed E-state index contributed by atoms with van der Waals surface area (Å²) >= 11 is 0. The molecule has 0 aromatic carbocycles. The molecular weight excluding hydrogens is 242 g/mol. The molecule has 1 aliphatic heterocycles. The number of carbonyl (C=O) groups is 2. The van der Waals surface area contributed by atoms with Crippen molar-refractivity contribution in [3.63, 3.8) is 0 Å². The minimum Gasteiger partial charge on any atom is -0.349 e. The minimum atomic E-state index is -0.882. The van der Waals surface area contributed by atoms with Gasteiger partial charge in [-0.15, -0.1) is 6.58 Å². The van der Waals surface area contributed by atoms with Crippen LogP contribution < -0.4 is 16.0 Å². The molecule has 108 valence electrons. The van der Waals surface area contributed by atoms with Crippen molar-refractivity contribution in [1.82, 2.24) is 16.0 Å². The molecule has 1 fully saturated rings. The zero-order valence-electron chi connectivity index (χ0n) is 12.3. The standard InChI is InChI=1S/C14H25N3O2/c1-6-7-11-8-15-9-14(11,16-10(2)18)12(19)17-13(3,4)5/h6,11,15H,1,7-9H2,2-5H3,(H,16,18)(H,17,19). The first kappa shape index (κ1) is 15.7. The Balaban J connectivity index is 3.01. The molecule has 0 spiro atoms. The Bertz CT molecular complexity index is 373.